The van der Waals surface area contributed by atoms with E-state index in [9.17, 15) is 4.79 Å². The topological polar surface area (TPSA) is 62.2 Å². The van der Waals surface area contributed by atoms with Crippen LogP contribution in [0.5, 0.6) is 0 Å². The highest BCUT2D eigenvalue weighted by Gasteiger charge is 2.10. The van der Waals surface area contributed by atoms with E-state index in [1.807, 2.05) is 6.92 Å². The zero-order valence-corrected chi connectivity index (χ0v) is 11.5. The van der Waals surface area contributed by atoms with Gasteiger partial charge in [-0.15, -0.1) is 11.3 Å². The van der Waals surface area contributed by atoms with E-state index >= 15 is 0 Å². The van der Waals surface area contributed by atoms with Crippen LogP contribution in [-0.4, -0.2) is 16.1 Å². The summed E-state index contributed by atoms with van der Waals surface area (Å²) in [4.78, 5) is 14.6. The summed E-state index contributed by atoms with van der Waals surface area (Å²) in [6.45, 7) is 1.85. The number of hydrogen-bond acceptors (Lipinski definition) is 4. The lowest BCUT2D eigenvalue weighted by atomic mass is 10.2. The Morgan fingerprint density at radius 2 is 2.11 bits per heavy atom. The number of carboxylic acid groups (broad SMARTS) is 1. The molecule has 0 saturated carbocycles. The van der Waals surface area contributed by atoms with Gasteiger partial charge in [0.15, 0.2) is 10.8 Å². The van der Waals surface area contributed by atoms with Crippen LogP contribution < -0.4 is 5.32 Å². The molecule has 0 aliphatic carbocycles. The molecule has 0 fully saturated rings. The summed E-state index contributed by atoms with van der Waals surface area (Å²) < 4.78 is 0. The first-order chi connectivity index (χ1) is 8.47. The Hall–Kier alpha value is -1.30. The van der Waals surface area contributed by atoms with Crippen LogP contribution in [0.1, 0.15) is 16.1 Å². The van der Waals surface area contributed by atoms with Gasteiger partial charge in [0, 0.05) is 10.4 Å². The number of hydrogen-bond donors (Lipinski definition) is 2. The molecular formula is C11H8Cl2N2O2S. The monoisotopic (exact) mass is 302 g/mol. The molecule has 0 bridgehead atoms. The molecule has 0 aliphatic rings. The molecule has 0 spiro atoms. The first kappa shape index (κ1) is 13.1. The second-order valence-electron chi connectivity index (χ2n) is 3.55. The highest BCUT2D eigenvalue weighted by molar-refractivity contribution is 7.14. The van der Waals surface area contributed by atoms with Crippen molar-refractivity contribution in [2.75, 3.05) is 5.32 Å². The van der Waals surface area contributed by atoms with Gasteiger partial charge >= 0.3 is 5.97 Å². The Morgan fingerprint density at radius 3 is 2.72 bits per heavy atom. The number of rotatable bonds is 3. The van der Waals surface area contributed by atoms with Gasteiger partial charge < -0.3 is 10.4 Å². The fraction of sp³-hybridized carbons (Fsp3) is 0.0909. The maximum absolute atomic E-state index is 10.7. The van der Waals surface area contributed by atoms with Gasteiger partial charge in [-0.1, -0.05) is 23.2 Å². The normalized spacial score (nSPS) is 10.4. The maximum Gasteiger partial charge on any atom is 0.355 e. The van der Waals surface area contributed by atoms with Gasteiger partial charge in [0.25, 0.3) is 0 Å². The lowest BCUT2D eigenvalue weighted by Gasteiger charge is -2.07. The van der Waals surface area contributed by atoms with Gasteiger partial charge in [-0.2, -0.15) is 0 Å². The van der Waals surface area contributed by atoms with Crippen LogP contribution in [0.3, 0.4) is 0 Å². The largest absolute Gasteiger partial charge is 0.476 e. The van der Waals surface area contributed by atoms with Gasteiger partial charge in [-0.25, -0.2) is 9.78 Å². The Balaban J connectivity index is 2.28. The molecule has 0 radical (unpaired) electrons. The van der Waals surface area contributed by atoms with Gasteiger partial charge in [0.1, 0.15) is 0 Å². The second kappa shape index (κ2) is 5.14. The van der Waals surface area contributed by atoms with Crippen LogP contribution in [-0.2, 0) is 0 Å². The van der Waals surface area contributed by atoms with Crippen molar-refractivity contribution < 1.29 is 9.90 Å². The number of aromatic carboxylic acids is 1. The molecule has 4 nitrogen and oxygen atoms in total. The van der Waals surface area contributed by atoms with E-state index in [1.54, 1.807) is 12.1 Å². The van der Waals surface area contributed by atoms with E-state index in [0.29, 0.717) is 20.9 Å². The SMILES string of the molecule is Cc1cc(Cl)c(Nc2nc(C(=O)O)cs2)cc1Cl. The van der Waals surface area contributed by atoms with Crippen LogP contribution in [0.4, 0.5) is 10.8 Å². The Labute approximate surface area is 117 Å². The number of aryl methyl sites for hydroxylation is 1. The first-order valence-corrected chi connectivity index (χ1v) is 6.52. The quantitative estimate of drug-likeness (QED) is 0.892. The number of halogens is 2. The number of carbonyl (C=O) groups is 1. The van der Waals surface area contributed by atoms with Crippen molar-refractivity contribution in [1.82, 2.24) is 4.98 Å². The Kier molecular flexibility index (Phi) is 3.75. The average Bonchev–Trinajstić information content (AvgIpc) is 2.74. The van der Waals surface area contributed by atoms with Crippen LogP contribution in [0.2, 0.25) is 10.0 Å². The first-order valence-electron chi connectivity index (χ1n) is 4.89. The highest BCUT2D eigenvalue weighted by atomic mass is 35.5. The molecule has 2 aromatic rings. The van der Waals surface area contributed by atoms with Crippen molar-refractivity contribution in [1.29, 1.82) is 0 Å². The minimum atomic E-state index is -1.06. The maximum atomic E-state index is 10.7. The minimum absolute atomic E-state index is 0.00293. The average molecular weight is 303 g/mol. The molecule has 2 rings (SSSR count). The lowest BCUT2D eigenvalue weighted by molar-refractivity contribution is 0.0691. The van der Waals surface area contributed by atoms with Gasteiger partial charge in [-0.3, -0.25) is 0 Å². The Bertz CT molecular complexity index is 613. The van der Waals surface area contributed by atoms with E-state index < -0.39 is 5.97 Å². The minimum Gasteiger partial charge on any atom is -0.476 e. The van der Waals surface area contributed by atoms with Crippen molar-refractivity contribution in [2.45, 2.75) is 6.92 Å². The summed E-state index contributed by atoms with van der Waals surface area (Å²) in [5.41, 5.74) is 1.47. The molecule has 0 amide bonds. The fourth-order valence-corrected chi connectivity index (χ4v) is 2.41. The standard InChI is InChI=1S/C11H8Cl2N2O2S/c1-5-2-7(13)8(3-6(5)12)14-11-15-9(4-18-11)10(16)17/h2-4H,1H3,(H,14,15)(H,16,17). The van der Waals surface area contributed by atoms with Crippen LogP contribution >= 0.6 is 34.5 Å². The summed E-state index contributed by atoms with van der Waals surface area (Å²) in [6, 6.07) is 3.42. The number of aromatic nitrogens is 1. The molecule has 94 valence electrons. The molecule has 1 heterocycles. The van der Waals surface area contributed by atoms with Crippen molar-refractivity contribution in [3.8, 4) is 0 Å². The molecule has 1 aromatic carbocycles. The predicted octanol–water partition coefficient (Wildman–Crippen LogP) is 4.20. The number of nitrogens with zero attached hydrogens (tertiary/aromatic N) is 1. The van der Waals surface area contributed by atoms with E-state index in [1.165, 1.54) is 16.7 Å². The molecule has 18 heavy (non-hydrogen) atoms. The Morgan fingerprint density at radius 1 is 1.39 bits per heavy atom. The molecule has 7 heteroatoms. The number of benzene rings is 1. The van der Waals surface area contributed by atoms with Gasteiger partial charge in [-0.05, 0) is 24.6 Å². The van der Waals surface area contributed by atoms with E-state index in [0.717, 1.165) is 5.56 Å². The number of carboxylic acids is 1. The molecule has 1 aromatic heterocycles. The molecule has 0 atom stereocenters. The second-order valence-corrected chi connectivity index (χ2v) is 5.22. The van der Waals surface area contributed by atoms with E-state index in [-0.39, 0.29) is 5.69 Å². The summed E-state index contributed by atoms with van der Waals surface area (Å²) in [7, 11) is 0. The number of thiazole rings is 1. The summed E-state index contributed by atoms with van der Waals surface area (Å²) >= 11 is 13.2. The van der Waals surface area contributed by atoms with Crippen LogP contribution in [0.15, 0.2) is 17.5 Å². The van der Waals surface area contributed by atoms with Crippen molar-refractivity contribution in [2.24, 2.45) is 0 Å². The van der Waals surface area contributed by atoms with Crippen LogP contribution in [0, 0.1) is 6.92 Å². The number of anilines is 2. The smallest absolute Gasteiger partial charge is 0.355 e. The summed E-state index contributed by atoms with van der Waals surface area (Å²) in [5, 5.41) is 14.7. The van der Waals surface area contributed by atoms with Crippen molar-refractivity contribution in [3.63, 3.8) is 0 Å². The third-order valence-electron chi connectivity index (χ3n) is 2.21. The van der Waals surface area contributed by atoms with Gasteiger partial charge in [0.05, 0.1) is 10.7 Å². The van der Waals surface area contributed by atoms with Gasteiger partial charge in [0.2, 0.25) is 0 Å². The van der Waals surface area contributed by atoms with Crippen molar-refractivity contribution >= 4 is 51.3 Å². The fourth-order valence-electron chi connectivity index (χ4n) is 1.29. The molecule has 0 aliphatic heterocycles. The third-order valence-corrected chi connectivity index (χ3v) is 3.69. The summed E-state index contributed by atoms with van der Waals surface area (Å²) in [6.07, 6.45) is 0. The molecule has 2 N–H and O–H groups in total. The predicted molar refractivity (Wildman–Crippen MR) is 73.6 cm³/mol. The molecule has 0 saturated heterocycles. The number of nitrogens with one attached hydrogen (secondary N) is 1. The zero-order chi connectivity index (χ0) is 13.3. The zero-order valence-electron chi connectivity index (χ0n) is 9.20. The lowest BCUT2D eigenvalue weighted by Crippen LogP contribution is -1.97. The molecule has 0 unspecified atom stereocenters. The summed E-state index contributed by atoms with van der Waals surface area (Å²) in [5.74, 6) is -1.06. The van der Waals surface area contributed by atoms with E-state index in [2.05, 4.69) is 10.3 Å². The third kappa shape index (κ3) is 2.75. The van der Waals surface area contributed by atoms with Crippen molar-refractivity contribution in [3.05, 3.63) is 38.8 Å². The van der Waals surface area contributed by atoms with Crippen LogP contribution in [0.25, 0.3) is 0 Å². The van der Waals surface area contributed by atoms with E-state index in [4.69, 9.17) is 28.3 Å². The highest BCUT2D eigenvalue weighted by Crippen LogP contribution is 2.31. The molecular weight excluding hydrogens is 295 g/mol.